The summed E-state index contributed by atoms with van der Waals surface area (Å²) in [6, 6.07) is 0. The predicted molar refractivity (Wildman–Crippen MR) is 81.4 cm³/mol. The Labute approximate surface area is 127 Å². The highest BCUT2D eigenvalue weighted by molar-refractivity contribution is 7.15. The van der Waals surface area contributed by atoms with Gasteiger partial charge in [0.2, 0.25) is 5.91 Å². The van der Waals surface area contributed by atoms with Crippen LogP contribution >= 0.6 is 11.3 Å². The lowest BCUT2D eigenvalue weighted by molar-refractivity contribution is -0.121. The molecule has 1 unspecified atom stereocenters. The molecule has 2 N–H and O–H groups in total. The summed E-state index contributed by atoms with van der Waals surface area (Å²) in [7, 11) is 0. The van der Waals surface area contributed by atoms with Crippen LogP contribution in [-0.2, 0) is 16.0 Å². The van der Waals surface area contributed by atoms with Crippen LogP contribution in [0.25, 0.3) is 4.96 Å². The molecule has 0 aliphatic heterocycles. The normalized spacial score (nSPS) is 13.0. The molecule has 7 heteroatoms. The lowest BCUT2D eigenvalue weighted by Gasteiger charge is -2.13. The first-order chi connectivity index (χ1) is 10.0. The van der Waals surface area contributed by atoms with E-state index in [1.807, 2.05) is 36.0 Å². The van der Waals surface area contributed by atoms with Crippen molar-refractivity contribution in [2.75, 3.05) is 19.8 Å². The van der Waals surface area contributed by atoms with Gasteiger partial charge in [0, 0.05) is 30.9 Å². The van der Waals surface area contributed by atoms with Crippen LogP contribution in [0.4, 0.5) is 0 Å². The first-order valence-corrected chi connectivity index (χ1v) is 7.86. The van der Waals surface area contributed by atoms with Crippen molar-refractivity contribution in [2.24, 2.45) is 5.92 Å². The molecular formula is C14H21N3O3S. The second kappa shape index (κ2) is 7.53. The molecule has 0 saturated carbocycles. The molecule has 2 rings (SSSR count). The van der Waals surface area contributed by atoms with E-state index >= 15 is 0 Å². The fourth-order valence-electron chi connectivity index (χ4n) is 1.82. The van der Waals surface area contributed by atoms with E-state index in [4.69, 9.17) is 4.74 Å². The minimum Gasteiger partial charge on any atom is -0.389 e. The number of fused-ring (bicyclic) bond motifs is 1. The topological polar surface area (TPSA) is 75.9 Å². The predicted octanol–water partition coefficient (Wildman–Crippen LogP) is 1.09. The van der Waals surface area contributed by atoms with Gasteiger partial charge in [-0.25, -0.2) is 4.98 Å². The number of thiazole rings is 1. The molecule has 2 aromatic rings. The molecule has 0 spiro atoms. The smallest absolute Gasteiger partial charge is 0.226 e. The molecular weight excluding hydrogens is 290 g/mol. The van der Waals surface area contributed by atoms with Crippen LogP contribution in [0.5, 0.6) is 0 Å². The lowest BCUT2D eigenvalue weighted by atomic mass is 10.2. The van der Waals surface area contributed by atoms with E-state index in [1.165, 1.54) is 11.3 Å². The molecule has 0 bridgehead atoms. The number of hydrogen-bond acceptors (Lipinski definition) is 5. The molecule has 1 atom stereocenters. The van der Waals surface area contributed by atoms with Gasteiger partial charge in [-0.15, -0.1) is 11.3 Å². The number of aliphatic hydroxyl groups is 1. The summed E-state index contributed by atoms with van der Waals surface area (Å²) in [4.78, 5) is 17.0. The van der Waals surface area contributed by atoms with Gasteiger partial charge < -0.3 is 15.2 Å². The number of aromatic nitrogens is 2. The van der Waals surface area contributed by atoms with E-state index in [-0.39, 0.29) is 25.5 Å². The van der Waals surface area contributed by atoms with Crippen molar-refractivity contribution in [1.29, 1.82) is 0 Å². The van der Waals surface area contributed by atoms with Crippen LogP contribution in [-0.4, -0.2) is 46.3 Å². The standard InChI is InChI=1S/C14H21N3O3S/c1-10(2)8-20-9-12(18)6-15-13(19)5-11-7-17-3-4-21-14(17)16-11/h3-4,7,10,12,18H,5-6,8-9H2,1-2H3,(H,15,19). The van der Waals surface area contributed by atoms with Crippen molar-refractivity contribution in [2.45, 2.75) is 26.4 Å². The molecule has 0 saturated heterocycles. The average Bonchev–Trinajstić information content (AvgIpc) is 2.96. The van der Waals surface area contributed by atoms with Crippen molar-refractivity contribution in [3.63, 3.8) is 0 Å². The largest absolute Gasteiger partial charge is 0.389 e. The summed E-state index contributed by atoms with van der Waals surface area (Å²) >= 11 is 1.53. The first-order valence-electron chi connectivity index (χ1n) is 6.98. The quantitative estimate of drug-likeness (QED) is 0.765. The summed E-state index contributed by atoms with van der Waals surface area (Å²) < 4.78 is 7.21. The maximum Gasteiger partial charge on any atom is 0.226 e. The third-order valence-corrected chi connectivity index (χ3v) is 3.55. The van der Waals surface area contributed by atoms with Crippen LogP contribution in [0, 0.1) is 5.92 Å². The number of nitrogens with zero attached hydrogens (tertiary/aromatic N) is 2. The summed E-state index contributed by atoms with van der Waals surface area (Å²) in [5.41, 5.74) is 0.727. The van der Waals surface area contributed by atoms with E-state index in [2.05, 4.69) is 10.3 Å². The first kappa shape index (κ1) is 15.9. The Balaban J connectivity index is 1.68. The van der Waals surface area contributed by atoms with Crippen LogP contribution < -0.4 is 5.32 Å². The van der Waals surface area contributed by atoms with Crippen molar-refractivity contribution < 1.29 is 14.6 Å². The van der Waals surface area contributed by atoms with Gasteiger partial charge in [0.25, 0.3) is 0 Å². The number of imidazole rings is 1. The zero-order valence-electron chi connectivity index (χ0n) is 12.3. The Morgan fingerprint density at radius 2 is 2.33 bits per heavy atom. The number of carbonyl (C=O) groups is 1. The molecule has 6 nitrogen and oxygen atoms in total. The molecule has 0 fully saturated rings. The fourth-order valence-corrected chi connectivity index (χ4v) is 2.54. The average molecular weight is 311 g/mol. The Morgan fingerprint density at radius 3 is 3.05 bits per heavy atom. The van der Waals surface area contributed by atoms with Gasteiger partial charge in [-0.2, -0.15) is 0 Å². The van der Waals surface area contributed by atoms with E-state index in [9.17, 15) is 9.90 Å². The molecule has 21 heavy (non-hydrogen) atoms. The minimum absolute atomic E-state index is 0.149. The molecule has 0 radical (unpaired) electrons. The monoisotopic (exact) mass is 311 g/mol. The highest BCUT2D eigenvalue weighted by atomic mass is 32.1. The number of aliphatic hydroxyl groups excluding tert-OH is 1. The third-order valence-electron chi connectivity index (χ3n) is 2.78. The second-order valence-corrected chi connectivity index (χ2v) is 6.26. The summed E-state index contributed by atoms with van der Waals surface area (Å²) in [5.74, 6) is 0.283. The number of ether oxygens (including phenoxy) is 1. The molecule has 2 aromatic heterocycles. The Hall–Kier alpha value is -1.44. The molecule has 1 amide bonds. The van der Waals surface area contributed by atoms with E-state index in [0.29, 0.717) is 12.5 Å². The number of carbonyl (C=O) groups excluding carboxylic acids is 1. The van der Waals surface area contributed by atoms with Gasteiger partial charge in [0.15, 0.2) is 4.96 Å². The number of nitrogens with one attached hydrogen (secondary N) is 1. The molecule has 0 aliphatic carbocycles. The van der Waals surface area contributed by atoms with Crippen molar-refractivity contribution in [3.8, 4) is 0 Å². The summed E-state index contributed by atoms with van der Waals surface area (Å²) in [6.07, 6.45) is 3.28. The molecule has 2 heterocycles. The maximum absolute atomic E-state index is 11.8. The third kappa shape index (κ3) is 5.11. The van der Waals surface area contributed by atoms with E-state index in [1.54, 1.807) is 0 Å². The van der Waals surface area contributed by atoms with E-state index in [0.717, 1.165) is 10.7 Å². The second-order valence-electron chi connectivity index (χ2n) is 5.39. The zero-order chi connectivity index (χ0) is 15.2. The fraction of sp³-hybridized carbons (Fsp3) is 0.571. The Bertz CT molecular complexity index is 550. The molecule has 116 valence electrons. The lowest BCUT2D eigenvalue weighted by Crippen LogP contribution is -2.35. The molecule has 0 aromatic carbocycles. The number of hydrogen-bond donors (Lipinski definition) is 2. The van der Waals surface area contributed by atoms with Crippen LogP contribution in [0.15, 0.2) is 17.8 Å². The van der Waals surface area contributed by atoms with Crippen molar-refractivity contribution >= 4 is 22.2 Å². The minimum atomic E-state index is -0.682. The summed E-state index contributed by atoms with van der Waals surface area (Å²) in [5, 5.41) is 14.3. The number of rotatable bonds is 8. The van der Waals surface area contributed by atoms with Crippen LogP contribution in [0.3, 0.4) is 0 Å². The van der Waals surface area contributed by atoms with Gasteiger partial charge in [0.1, 0.15) is 0 Å². The van der Waals surface area contributed by atoms with Crippen molar-refractivity contribution in [3.05, 3.63) is 23.5 Å². The van der Waals surface area contributed by atoms with Gasteiger partial charge in [-0.3, -0.25) is 9.20 Å². The summed E-state index contributed by atoms with van der Waals surface area (Å²) in [6.45, 7) is 5.13. The van der Waals surface area contributed by atoms with Gasteiger partial charge >= 0.3 is 0 Å². The van der Waals surface area contributed by atoms with Crippen LogP contribution in [0.1, 0.15) is 19.5 Å². The zero-order valence-corrected chi connectivity index (χ0v) is 13.1. The van der Waals surface area contributed by atoms with Crippen LogP contribution in [0.2, 0.25) is 0 Å². The maximum atomic E-state index is 11.8. The Morgan fingerprint density at radius 1 is 1.52 bits per heavy atom. The van der Waals surface area contributed by atoms with Crippen molar-refractivity contribution in [1.82, 2.24) is 14.7 Å². The van der Waals surface area contributed by atoms with Gasteiger partial charge in [-0.05, 0) is 5.92 Å². The molecule has 0 aliphatic rings. The van der Waals surface area contributed by atoms with Gasteiger partial charge in [0.05, 0.1) is 24.8 Å². The Kier molecular flexibility index (Phi) is 5.72. The number of amides is 1. The SMILES string of the molecule is CC(C)COCC(O)CNC(=O)Cc1cn2ccsc2n1. The van der Waals surface area contributed by atoms with E-state index < -0.39 is 6.10 Å². The highest BCUT2D eigenvalue weighted by Gasteiger charge is 2.11. The van der Waals surface area contributed by atoms with Gasteiger partial charge in [-0.1, -0.05) is 13.8 Å². The highest BCUT2D eigenvalue weighted by Crippen LogP contribution is 2.11.